The first-order valence-electron chi connectivity index (χ1n) is 6.54. The van der Waals surface area contributed by atoms with Crippen LogP contribution in [0, 0.1) is 0 Å². The van der Waals surface area contributed by atoms with Gasteiger partial charge in [0.1, 0.15) is 5.75 Å². The minimum Gasteiger partial charge on any atom is -0.507 e. The standard InChI is InChI=1S/C15H23O4P/c1-14(2,3)11-8-10(19-20(17)18-7)9-12(13(11)16)15(4,5)6/h8-9H,1-7H3/p+1. The van der Waals surface area contributed by atoms with Crippen molar-refractivity contribution in [2.24, 2.45) is 0 Å². The molecule has 1 atom stereocenters. The molecule has 0 heterocycles. The van der Waals surface area contributed by atoms with E-state index in [0.717, 1.165) is 11.1 Å². The third-order valence-electron chi connectivity index (χ3n) is 3.03. The van der Waals surface area contributed by atoms with E-state index < -0.39 is 8.25 Å². The van der Waals surface area contributed by atoms with E-state index in [1.165, 1.54) is 7.11 Å². The van der Waals surface area contributed by atoms with E-state index in [2.05, 4.69) is 4.52 Å². The number of hydrogen-bond donors (Lipinski definition) is 1. The highest BCUT2D eigenvalue weighted by molar-refractivity contribution is 7.33. The second-order valence-corrected chi connectivity index (χ2v) is 7.86. The van der Waals surface area contributed by atoms with Crippen LogP contribution in [0.15, 0.2) is 12.1 Å². The molecule has 0 radical (unpaired) electrons. The molecular weight excluding hydrogens is 275 g/mol. The summed E-state index contributed by atoms with van der Waals surface area (Å²) in [6.45, 7) is 12.1. The van der Waals surface area contributed by atoms with E-state index in [9.17, 15) is 9.67 Å². The topological polar surface area (TPSA) is 55.8 Å². The summed E-state index contributed by atoms with van der Waals surface area (Å²) in [5, 5.41) is 10.5. The lowest BCUT2D eigenvalue weighted by Crippen LogP contribution is -2.17. The molecule has 1 aromatic rings. The van der Waals surface area contributed by atoms with Gasteiger partial charge in [0, 0.05) is 15.7 Å². The van der Waals surface area contributed by atoms with Gasteiger partial charge < -0.3 is 5.11 Å². The maximum Gasteiger partial charge on any atom is 0.749 e. The largest absolute Gasteiger partial charge is 0.749 e. The van der Waals surface area contributed by atoms with Crippen molar-refractivity contribution >= 4 is 8.25 Å². The molecule has 4 nitrogen and oxygen atoms in total. The van der Waals surface area contributed by atoms with Crippen LogP contribution in [0.1, 0.15) is 52.7 Å². The molecule has 1 unspecified atom stereocenters. The fourth-order valence-corrected chi connectivity index (χ4v) is 2.28. The van der Waals surface area contributed by atoms with Gasteiger partial charge in [0.2, 0.25) is 0 Å². The smallest absolute Gasteiger partial charge is 0.507 e. The molecule has 0 aliphatic rings. The zero-order chi connectivity index (χ0) is 15.7. The van der Waals surface area contributed by atoms with Gasteiger partial charge in [0.25, 0.3) is 0 Å². The third-order valence-corrected chi connectivity index (χ3v) is 3.69. The summed E-state index contributed by atoms with van der Waals surface area (Å²) in [7, 11) is -0.865. The molecule has 0 saturated heterocycles. The Labute approximate surface area is 122 Å². The highest BCUT2D eigenvalue weighted by Crippen LogP contribution is 2.43. The summed E-state index contributed by atoms with van der Waals surface area (Å²) in [6.07, 6.45) is 0. The van der Waals surface area contributed by atoms with Crippen molar-refractivity contribution in [2.45, 2.75) is 52.4 Å². The number of benzene rings is 1. The third kappa shape index (κ3) is 3.94. The summed E-state index contributed by atoms with van der Waals surface area (Å²) >= 11 is 0. The fraction of sp³-hybridized carbons (Fsp3) is 0.600. The Bertz CT molecular complexity index is 475. The molecule has 1 aromatic carbocycles. The first kappa shape index (κ1) is 16.9. The van der Waals surface area contributed by atoms with Gasteiger partial charge in [0.15, 0.2) is 5.75 Å². The van der Waals surface area contributed by atoms with Crippen molar-refractivity contribution in [3.05, 3.63) is 23.3 Å². The minimum absolute atomic E-state index is 0.248. The Morgan fingerprint density at radius 3 is 1.70 bits per heavy atom. The number of phenolic OH excluding ortho intramolecular Hbond substituents is 1. The lowest BCUT2D eigenvalue weighted by atomic mass is 9.79. The summed E-state index contributed by atoms with van der Waals surface area (Å²) in [5.74, 6) is 0.714. The van der Waals surface area contributed by atoms with E-state index >= 15 is 0 Å². The highest BCUT2D eigenvalue weighted by Gasteiger charge is 2.29. The van der Waals surface area contributed by atoms with Crippen molar-refractivity contribution in [2.75, 3.05) is 7.11 Å². The Hall–Kier alpha value is -1.12. The van der Waals surface area contributed by atoms with Crippen molar-refractivity contribution in [1.82, 2.24) is 0 Å². The number of rotatable bonds is 3. The molecule has 112 valence electrons. The van der Waals surface area contributed by atoms with Gasteiger partial charge in [-0.05, 0) is 23.0 Å². The van der Waals surface area contributed by atoms with E-state index in [-0.39, 0.29) is 16.6 Å². The summed E-state index contributed by atoms with van der Waals surface area (Å²) in [4.78, 5) is 0. The van der Waals surface area contributed by atoms with Crippen LogP contribution >= 0.6 is 8.25 Å². The second-order valence-electron chi connectivity index (χ2n) is 6.86. The highest BCUT2D eigenvalue weighted by atomic mass is 31.1. The number of aromatic hydroxyl groups is 1. The molecular formula is C15H24O4P+. The maximum atomic E-state index is 11.4. The molecule has 5 heteroatoms. The molecule has 1 rings (SSSR count). The zero-order valence-corrected chi connectivity index (χ0v) is 14.2. The van der Waals surface area contributed by atoms with Crippen molar-refractivity contribution < 1.29 is 18.7 Å². The Morgan fingerprint density at radius 1 is 1.00 bits per heavy atom. The monoisotopic (exact) mass is 299 g/mol. The summed E-state index contributed by atoms with van der Waals surface area (Å²) in [5.41, 5.74) is 1.03. The average Bonchev–Trinajstić information content (AvgIpc) is 2.28. The lowest BCUT2D eigenvalue weighted by molar-refractivity contribution is 0.347. The van der Waals surface area contributed by atoms with Crippen LogP contribution in [-0.2, 0) is 19.9 Å². The van der Waals surface area contributed by atoms with Crippen LogP contribution in [0.25, 0.3) is 0 Å². The van der Waals surface area contributed by atoms with Crippen molar-refractivity contribution in [1.29, 1.82) is 0 Å². The van der Waals surface area contributed by atoms with E-state index in [0.29, 0.717) is 5.75 Å². The van der Waals surface area contributed by atoms with Gasteiger partial charge in [-0.25, -0.2) is 4.52 Å². The molecule has 0 aromatic heterocycles. The maximum absolute atomic E-state index is 11.4. The average molecular weight is 299 g/mol. The lowest BCUT2D eigenvalue weighted by Gasteiger charge is -2.27. The van der Waals surface area contributed by atoms with Gasteiger partial charge in [0.05, 0.1) is 7.11 Å². The fourth-order valence-electron chi connectivity index (χ4n) is 1.93. The number of hydrogen-bond acceptors (Lipinski definition) is 4. The van der Waals surface area contributed by atoms with Crippen LogP contribution in [0.4, 0.5) is 0 Å². The van der Waals surface area contributed by atoms with Gasteiger partial charge in [-0.15, -0.1) is 4.52 Å². The first-order chi connectivity index (χ1) is 8.96. The molecule has 0 aliphatic carbocycles. The predicted octanol–water partition coefficient (Wildman–Crippen LogP) is 4.67. The first-order valence-corrected chi connectivity index (χ1v) is 7.63. The molecule has 0 saturated carbocycles. The van der Waals surface area contributed by atoms with Crippen LogP contribution in [0.5, 0.6) is 11.5 Å². The molecule has 0 fully saturated rings. The quantitative estimate of drug-likeness (QED) is 0.824. The molecule has 0 spiro atoms. The van der Waals surface area contributed by atoms with Gasteiger partial charge >= 0.3 is 8.25 Å². The van der Waals surface area contributed by atoms with Crippen LogP contribution in [0.3, 0.4) is 0 Å². The van der Waals surface area contributed by atoms with Crippen LogP contribution in [-0.4, -0.2) is 12.2 Å². The number of phenols is 1. The van der Waals surface area contributed by atoms with Gasteiger partial charge in [-0.2, -0.15) is 0 Å². The second kappa shape index (κ2) is 5.71. The Balaban J connectivity index is 3.46. The van der Waals surface area contributed by atoms with Gasteiger partial charge in [-0.3, -0.25) is 0 Å². The molecule has 20 heavy (non-hydrogen) atoms. The van der Waals surface area contributed by atoms with E-state index in [1.807, 2.05) is 41.5 Å². The minimum atomic E-state index is -2.19. The van der Waals surface area contributed by atoms with Crippen LogP contribution in [0.2, 0.25) is 0 Å². The molecule has 0 amide bonds. The predicted molar refractivity (Wildman–Crippen MR) is 80.8 cm³/mol. The van der Waals surface area contributed by atoms with Crippen molar-refractivity contribution in [3.63, 3.8) is 0 Å². The van der Waals surface area contributed by atoms with E-state index in [4.69, 9.17) is 4.52 Å². The van der Waals surface area contributed by atoms with Crippen molar-refractivity contribution in [3.8, 4) is 11.5 Å². The Kier molecular flexibility index (Phi) is 4.83. The summed E-state index contributed by atoms with van der Waals surface area (Å²) < 4.78 is 21.4. The van der Waals surface area contributed by atoms with Crippen LogP contribution < -0.4 is 4.52 Å². The van der Waals surface area contributed by atoms with Gasteiger partial charge in [-0.1, -0.05) is 41.5 Å². The molecule has 0 aliphatic heterocycles. The molecule has 1 N–H and O–H groups in total. The summed E-state index contributed by atoms with van der Waals surface area (Å²) in [6, 6.07) is 3.44. The van der Waals surface area contributed by atoms with E-state index in [1.54, 1.807) is 12.1 Å². The zero-order valence-electron chi connectivity index (χ0n) is 13.3. The SMILES string of the molecule is CO[P+](=O)Oc1cc(C(C)(C)C)c(O)c(C(C)(C)C)c1. The molecule has 0 bridgehead atoms. The Morgan fingerprint density at radius 2 is 1.40 bits per heavy atom. The normalized spacial score (nSPS) is 13.2.